The van der Waals surface area contributed by atoms with Gasteiger partial charge in [-0.3, -0.25) is 4.79 Å². The lowest BCUT2D eigenvalue weighted by atomic mass is 10.3. The largest absolute Gasteiger partial charge is 0.534 e. The number of ether oxygens (including phenoxy) is 1. The maximum atomic E-state index is 12.2. The molecule has 0 aliphatic heterocycles. The Hall–Kier alpha value is -1.55. The molecule has 114 valence electrons. The highest BCUT2D eigenvalue weighted by molar-refractivity contribution is 7.87. The lowest BCUT2D eigenvalue weighted by molar-refractivity contribution is -0.0500. The summed E-state index contributed by atoms with van der Waals surface area (Å²) in [6.07, 6.45) is 0. The smallest absolute Gasteiger partial charge is 0.383 e. The van der Waals surface area contributed by atoms with Crippen molar-refractivity contribution in [3.63, 3.8) is 0 Å². The second-order valence-electron chi connectivity index (χ2n) is 3.80. The molecule has 1 aromatic rings. The topological polar surface area (TPSA) is 74.6 Å². The van der Waals surface area contributed by atoms with Gasteiger partial charge in [-0.1, -0.05) is 0 Å². The van der Waals surface area contributed by atoms with E-state index in [1.165, 1.54) is 18.6 Å². The minimum Gasteiger partial charge on any atom is -0.383 e. The molecule has 0 aromatic carbocycles. The van der Waals surface area contributed by atoms with Gasteiger partial charge >= 0.3 is 15.6 Å². The van der Waals surface area contributed by atoms with Crippen LogP contribution in [0.3, 0.4) is 0 Å². The van der Waals surface area contributed by atoms with E-state index in [4.69, 9.17) is 4.74 Å². The van der Waals surface area contributed by atoms with Crippen molar-refractivity contribution >= 4 is 10.1 Å². The van der Waals surface area contributed by atoms with Crippen molar-refractivity contribution in [3.05, 3.63) is 28.2 Å². The van der Waals surface area contributed by atoms with Crippen molar-refractivity contribution < 1.29 is 30.5 Å². The molecule has 0 spiro atoms. The lowest BCUT2D eigenvalue weighted by Gasteiger charge is -2.12. The molecule has 10 heteroatoms. The number of rotatable bonds is 5. The van der Waals surface area contributed by atoms with E-state index in [2.05, 4.69) is 4.18 Å². The van der Waals surface area contributed by atoms with Crippen LogP contribution in [0.2, 0.25) is 0 Å². The van der Waals surface area contributed by atoms with E-state index in [0.717, 1.165) is 6.07 Å². The summed E-state index contributed by atoms with van der Waals surface area (Å²) in [6, 6.07) is 1.70. The van der Waals surface area contributed by atoms with Gasteiger partial charge in [-0.05, 0) is 6.92 Å². The normalized spacial score (nSPS) is 12.4. The van der Waals surface area contributed by atoms with Crippen LogP contribution in [0.15, 0.2) is 16.9 Å². The molecule has 0 bridgehead atoms. The molecular weight excluding hydrogens is 303 g/mol. The maximum absolute atomic E-state index is 12.2. The quantitative estimate of drug-likeness (QED) is 0.599. The Bertz CT molecular complexity index is 635. The fourth-order valence-corrected chi connectivity index (χ4v) is 1.83. The van der Waals surface area contributed by atoms with E-state index in [1.54, 1.807) is 0 Å². The summed E-state index contributed by atoms with van der Waals surface area (Å²) in [7, 11) is -4.36. The van der Waals surface area contributed by atoms with Crippen molar-refractivity contribution in [3.8, 4) is 5.75 Å². The first-order valence-corrected chi connectivity index (χ1v) is 6.70. The first-order chi connectivity index (χ1) is 9.08. The molecule has 0 amide bonds. The highest BCUT2D eigenvalue weighted by atomic mass is 32.2. The third-order valence-electron chi connectivity index (χ3n) is 2.32. The van der Waals surface area contributed by atoms with Gasteiger partial charge in [-0.2, -0.15) is 21.6 Å². The molecule has 0 unspecified atom stereocenters. The Morgan fingerprint density at radius 3 is 2.35 bits per heavy atom. The zero-order chi connectivity index (χ0) is 15.6. The van der Waals surface area contributed by atoms with Crippen LogP contribution in [0.4, 0.5) is 13.2 Å². The summed E-state index contributed by atoms with van der Waals surface area (Å²) in [5.74, 6) is -0.682. The van der Waals surface area contributed by atoms with Gasteiger partial charge in [0.25, 0.3) is 5.56 Å². The number of methoxy groups -OCH3 is 1. The van der Waals surface area contributed by atoms with Crippen LogP contribution < -0.4 is 9.74 Å². The zero-order valence-electron chi connectivity index (χ0n) is 10.6. The predicted octanol–water partition coefficient (Wildman–Crippen LogP) is 1.03. The molecule has 0 aliphatic carbocycles. The predicted molar refractivity (Wildman–Crippen MR) is 62.9 cm³/mol. The fraction of sp³-hybridized carbons (Fsp3) is 0.500. The molecule has 0 atom stereocenters. The first kappa shape index (κ1) is 16.5. The van der Waals surface area contributed by atoms with Crippen molar-refractivity contribution in [1.29, 1.82) is 0 Å². The van der Waals surface area contributed by atoms with E-state index in [-0.39, 0.29) is 18.8 Å². The van der Waals surface area contributed by atoms with Crippen molar-refractivity contribution in [2.45, 2.75) is 19.0 Å². The Kier molecular flexibility index (Phi) is 4.81. The van der Waals surface area contributed by atoms with Gasteiger partial charge in [0.2, 0.25) is 0 Å². The molecule has 0 saturated heterocycles. The maximum Gasteiger partial charge on any atom is 0.534 e. The monoisotopic (exact) mass is 315 g/mol. The van der Waals surface area contributed by atoms with Crippen LogP contribution in [-0.2, 0) is 21.4 Å². The molecule has 0 fully saturated rings. The lowest BCUT2D eigenvalue weighted by Crippen LogP contribution is -2.29. The molecule has 0 saturated carbocycles. The SMILES string of the molecule is COCCn1c(C)cc(OS(=O)(=O)C(F)(F)F)cc1=O. The molecule has 1 rings (SSSR count). The average Bonchev–Trinajstić information content (AvgIpc) is 2.25. The van der Waals surface area contributed by atoms with E-state index in [1.807, 2.05) is 0 Å². The highest BCUT2D eigenvalue weighted by Crippen LogP contribution is 2.26. The summed E-state index contributed by atoms with van der Waals surface area (Å²) < 4.78 is 68.0. The molecule has 20 heavy (non-hydrogen) atoms. The van der Waals surface area contributed by atoms with E-state index in [0.29, 0.717) is 6.07 Å². The summed E-state index contributed by atoms with van der Waals surface area (Å²) in [5.41, 5.74) is -5.98. The minimum absolute atomic E-state index is 0.188. The Morgan fingerprint density at radius 2 is 1.90 bits per heavy atom. The van der Waals surface area contributed by atoms with Crippen LogP contribution in [0, 0.1) is 6.92 Å². The second-order valence-corrected chi connectivity index (χ2v) is 5.34. The van der Waals surface area contributed by atoms with Crippen molar-refractivity contribution in [2.24, 2.45) is 0 Å². The van der Waals surface area contributed by atoms with Gasteiger partial charge in [0.15, 0.2) is 0 Å². The van der Waals surface area contributed by atoms with Gasteiger partial charge in [-0.25, -0.2) is 0 Å². The third-order valence-corrected chi connectivity index (χ3v) is 3.30. The summed E-state index contributed by atoms with van der Waals surface area (Å²) in [4.78, 5) is 11.7. The van der Waals surface area contributed by atoms with Gasteiger partial charge in [0, 0.05) is 31.5 Å². The number of aryl methyl sites for hydroxylation is 1. The molecule has 0 N–H and O–H groups in total. The number of halogens is 3. The summed E-state index contributed by atoms with van der Waals surface area (Å²) in [5, 5.41) is 0. The van der Waals surface area contributed by atoms with Crippen LogP contribution in [0.5, 0.6) is 5.75 Å². The number of hydrogen-bond donors (Lipinski definition) is 0. The number of nitrogens with zero attached hydrogens (tertiary/aromatic N) is 1. The number of aromatic nitrogens is 1. The Balaban J connectivity index is 3.10. The molecule has 1 heterocycles. The van der Waals surface area contributed by atoms with E-state index >= 15 is 0 Å². The van der Waals surface area contributed by atoms with E-state index in [9.17, 15) is 26.4 Å². The molecule has 0 aliphatic rings. The molecule has 0 radical (unpaired) electrons. The number of alkyl halides is 3. The van der Waals surface area contributed by atoms with Crippen LogP contribution in [0.1, 0.15) is 5.69 Å². The van der Waals surface area contributed by atoms with Gasteiger partial charge in [0.05, 0.1) is 6.61 Å². The standard InChI is InChI=1S/C10H12F3NO5S/c1-7-5-8(19-20(16,17)10(11,12)13)6-9(15)14(7)3-4-18-2/h5-6H,3-4H2,1-2H3. The summed E-state index contributed by atoms with van der Waals surface area (Å²) in [6.45, 7) is 1.85. The Morgan fingerprint density at radius 1 is 1.30 bits per heavy atom. The van der Waals surface area contributed by atoms with Gasteiger partial charge < -0.3 is 13.5 Å². The third kappa shape index (κ3) is 3.73. The van der Waals surface area contributed by atoms with Gasteiger partial charge in [0.1, 0.15) is 5.75 Å². The van der Waals surface area contributed by atoms with E-state index < -0.39 is 26.9 Å². The zero-order valence-corrected chi connectivity index (χ0v) is 11.4. The first-order valence-electron chi connectivity index (χ1n) is 5.29. The summed E-state index contributed by atoms with van der Waals surface area (Å²) >= 11 is 0. The van der Waals surface area contributed by atoms with Crippen LogP contribution in [-0.4, -0.2) is 32.2 Å². The highest BCUT2D eigenvalue weighted by Gasteiger charge is 2.48. The minimum atomic E-state index is -5.79. The van der Waals surface area contributed by atoms with Crippen molar-refractivity contribution in [2.75, 3.05) is 13.7 Å². The molecular formula is C10H12F3NO5S. The number of pyridine rings is 1. The van der Waals surface area contributed by atoms with Crippen LogP contribution in [0.25, 0.3) is 0 Å². The van der Waals surface area contributed by atoms with Crippen LogP contribution >= 0.6 is 0 Å². The average molecular weight is 315 g/mol. The second kappa shape index (κ2) is 5.83. The Labute approximate surface area is 112 Å². The molecule has 1 aromatic heterocycles. The fourth-order valence-electron chi connectivity index (χ4n) is 1.39. The van der Waals surface area contributed by atoms with Crippen molar-refractivity contribution in [1.82, 2.24) is 4.57 Å². The number of hydrogen-bond acceptors (Lipinski definition) is 5. The molecule has 6 nitrogen and oxygen atoms in total. The van der Waals surface area contributed by atoms with Gasteiger partial charge in [-0.15, -0.1) is 0 Å².